The van der Waals surface area contributed by atoms with Crippen molar-refractivity contribution in [2.75, 3.05) is 13.1 Å². The van der Waals surface area contributed by atoms with Gasteiger partial charge < -0.3 is 5.32 Å². The lowest BCUT2D eigenvalue weighted by Gasteiger charge is -2.22. The molecule has 2 aromatic rings. The van der Waals surface area contributed by atoms with Crippen LogP contribution in [-0.2, 0) is 6.42 Å². The van der Waals surface area contributed by atoms with Crippen LogP contribution in [0.4, 0.5) is 0 Å². The molecule has 18 heavy (non-hydrogen) atoms. The first-order chi connectivity index (χ1) is 8.92. The first-order valence-corrected chi connectivity index (χ1v) is 6.71. The van der Waals surface area contributed by atoms with Gasteiger partial charge in [-0.1, -0.05) is 12.1 Å². The summed E-state index contributed by atoms with van der Waals surface area (Å²) in [6.45, 7) is 2.36. The Hall–Kier alpha value is -1.61. The normalized spacial score (nSPS) is 19.9. The van der Waals surface area contributed by atoms with Crippen molar-refractivity contribution in [1.82, 2.24) is 15.1 Å². The van der Waals surface area contributed by atoms with Gasteiger partial charge in [0.15, 0.2) is 0 Å². The Bertz CT molecular complexity index is 467. The summed E-state index contributed by atoms with van der Waals surface area (Å²) in [6, 6.07) is 10.7. The molecule has 1 unspecified atom stereocenters. The van der Waals surface area contributed by atoms with Crippen molar-refractivity contribution >= 4 is 0 Å². The summed E-state index contributed by atoms with van der Waals surface area (Å²) >= 11 is 0. The number of hydrogen-bond donors (Lipinski definition) is 1. The van der Waals surface area contributed by atoms with E-state index >= 15 is 0 Å². The smallest absolute Gasteiger partial charge is 0.0645 e. The van der Waals surface area contributed by atoms with E-state index in [0.29, 0.717) is 0 Å². The predicted octanol–water partition coefficient (Wildman–Crippen LogP) is 2.41. The van der Waals surface area contributed by atoms with E-state index in [9.17, 15) is 0 Å². The predicted molar refractivity (Wildman–Crippen MR) is 72.9 cm³/mol. The maximum atomic E-state index is 4.24. The maximum absolute atomic E-state index is 4.24. The molecule has 0 spiro atoms. The van der Waals surface area contributed by atoms with Crippen molar-refractivity contribution in [3.05, 3.63) is 48.3 Å². The van der Waals surface area contributed by atoms with E-state index in [-0.39, 0.29) is 0 Å². The highest BCUT2D eigenvalue weighted by Crippen LogP contribution is 2.17. The number of nitrogens with zero attached hydrogens (tertiary/aromatic N) is 2. The number of rotatable bonds is 3. The Morgan fingerprint density at radius 2 is 2.17 bits per heavy atom. The molecule has 0 amide bonds. The van der Waals surface area contributed by atoms with Crippen LogP contribution in [-0.4, -0.2) is 22.9 Å². The number of nitrogens with one attached hydrogen (secondary N) is 1. The lowest BCUT2D eigenvalue weighted by molar-refractivity contribution is 0.376. The lowest BCUT2D eigenvalue weighted by Crippen LogP contribution is -2.30. The van der Waals surface area contributed by atoms with E-state index in [1.165, 1.54) is 37.9 Å². The zero-order chi connectivity index (χ0) is 12.2. The first-order valence-electron chi connectivity index (χ1n) is 6.71. The molecule has 1 fully saturated rings. The Labute approximate surface area is 108 Å². The van der Waals surface area contributed by atoms with Gasteiger partial charge in [-0.25, -0.2) is 4.68 Å². The van der Waals surface area contributed by atoms with Crippen LogP contribution < -0.4 is 5.32 Å². The molecular weight excluding hydrogens is 222 g/mol. The van der Waals surface area contributed by atoms with E-state index in [4.69, 9.17) is 0 Å². The minimum Gasteiger partial charge on any atom is -0.316 e. The van der Waals surface area contributed by atoms with Crippen LogP contribution in [0.2, 0.25) is 0 Å². The fourth-order valence-electron chi connectivity index (χ4n) is 2.64. The fraction of sp³-hybridized carbons (Fsp3) is 0.400. The third kappa shape index (κ3) is 2.62. The Morgan fingerprint density at radius 1 is 1.28 bits per heavy atom. The van der Waals surface area contributed by atoms with Crippen LogP contribution >= 0.6 is 0 Å². The summed E-state index contributed by atoms with van der Waals surface area (Å²) in [6.07, 6.45) is 7.64. The van der Waals surface area contributed by atoms with Crippen LogP contribution in [0.3, 0.4) is 0 Å². The molecule has 3 nitrogen and oxygen atoms in total. The highest BCUT2D eigenvalue weighted by atomic mass is 15.3. The number of benzene rings is 1. The molecule has 0 aliphatic carbocycles. The standard InChI is InChI=1S/C15H19N3/c1-3-14(12-16-8-1)11-13-4-6-15(7-5-13)18-10-2-9-17-18/h2,4-7,9-10,14,16H,1,3,8,11-12H2. The third-order valence-corrected chi connectivity index (χ3v) is 3.63. The van der Waals surface area contributed by atoms with Crippen LogP contribution in [0, 0.1) is 5.92 Å². The van der Waals surface area contributed by atoms with Gasteiger partial charge in [0.25, 0.3) is 0 Å². The van der Waals surface area contributed by atoms with Crippen LogP contribution in [0.5, 0.6) is 0 Å². The zero-order valence-electron chi connectivity index (χ0n) is 10.5. The second-order valence-electron chi connectivity index (χ2n) is 5.03. The molecule has 3 heteroatoms. The van der Waals surface area contributed by atoms with Gasteiger partial charge in [-0.2, -0.15) is 5.10 Å². The summed E-state index contributed by atoms with van der Waals surface area (Å²) in [5.41, 5.74) is 2.56. The molecule has 1 atom stereocenters. The average Bonchev–Trinajstić information content (AvgIpc) is 2.95. The minimum absolute atomic E-state index is 0.800. The van der Waals surface area contributed by atoms with Crippen LogP contribution in [0.15, 0.2) is 42.7 Å². The Kier molecular flexibility index (Phi) is 3.42. The van der Waals surface area contributed by atoms with Gasteiger partial charge in [-0.15, -0.1) is 0 Å². The molecule has 2 heterocycles. The van der Waals surface area contributed by atoms with E-state index in [1.807, 2.05) is 23.1 Å². The van der Waals surface area contributed by atoms with Gasteiger partial charge in [0.2, 0.25) is 0 Å². The Balaban J connectivity index is 1.67. The van der Waals surface area contributed by atoms with Crippen molar-refractivity contribution in [3.8, 4) is 5.69 Å². The van der Waals surface area contributed by atoms with Crippen LogP contribution in [0.25, 0.3) is 5.69 Å². The maximum Gasteiger partial charge on any atom is 0.0645 e. The third-order valence-electron chi connectivity index (χ3n) is 3.63. The second kappa shape index (κ2) is 5.36. The monoisotopic (exact) mass is 241 g/mol. The van der Waals surface area contributed by atoms with Gasteiger partial charge in [0.1, 0.15) is 0 Å². The largest absolute Gasteiger partial charge is 0.316 e. The fourth-order valence-corrected chi connectivity index (χ4v) is 2.64. The molecule has 1 aliphatic rings. The van der Waals surface area contributed by atoms with Gasteiger partial charge in [-0.05, 0) is 62.0 Å². The molecule has 0 bridgehead atoms. The van der Waals surface area contributed by atoms with Crippen molar-refractivity contribution in [2.24, 2.45) is 5.92 Å². The second-order valence-corrected chi connectivity index (χ2v) is 5.03. The number of aromatic nitrogens is 2. The summed E-state index contributed by atoms with van der Waals surface area (Å²) in [4.78, 5) is 0. The quantitative estimate of drug-likeness (QED) is 0.894. The average molecular weight is 241 g/mol. The molecule has 1 aliphatic heterocycles. The number of hydrogen-bond acceptors (Lipinski definition) is 2. The lowest BCUT2D eigenvalue weighted by atomic mass is 9.92. The highest BCUT2D eigenvalue weighted by Gasteiger charge is 2.13. The highest BCUT2D eigenvalue weighted by molar-refractivity contribution is 5.33. The van der Waals surface area contributed by atoms with Gasteiger partial charge in [0.05, 0.1) is 5.69 Å². The van der Waals surface area contributed by atoms with Crippen LogP contribution in [0.1, 0.15) is 18.4 Å². The summed E-state index contributed by atoms with van der Waals surface area (Å²) in [7, 11) is 0. The number of piperidine rings is 1. The Morgan fingerprint density at radius 3 is 2.83 bits per heavy atom. The van der Waals surface area contributed by atoms with E-state index in [1.54, 1.807) is 0 Å². The zero-order valence-corrected chi connectivity index (χ0v) is 10.5. The van der Waals surface area contributed by atoms with E-state index < -0.39 is 0 Å². The van der Waals surface area contributed by atoms with Crippen molar-refractivity contribution in [3.63, 3.8) is 0 Å². The topological polar surface area (TPSA) is 29.9 Å². The summed E-state index contributed by atoms with van der Waals surface area (Å²) in [5.74, 6) is 0.800. The molecule has 1 aromatic carbocycles. The molecular formula is C15H19N3. The first kappa shape index (κ1) is 11.5. The summed E-state index contributed by atoms with van der Waals surface area (Å²) < 4.78 is 1.89. The molecule has 0 radical (unpaired) electrons. The summed E-state index contributed by atoms with van der Waals surface area (Å²) in [5, 5.41) is 7.71. The van der Waals surface area contributed by atoms with E-state index in [0.717, 1.165) is 11.6 Å². The van der Waals surface area contributed by atoms with Crippen molar-refractivity contribution in [1.29, 1.82) is 0 Å². The van der Waals surface area contributed by atoms with Gasteiger partial charge in [-0.3, -0.25) is 0 Å². The van der Waals surface area contributed by atoms with Crippen molar-refractivity contribution in [2.45, 2.75) is 19.3 Å². The molecule has 1 saturated heterocycles. The SMILES string of the molecule is c1cnn(-c2ccc(CC3CCCNC3)cc2)c1. The van der Waals surface area contributed by atoms with E-state index in [2.05, 4.69) is 34.7 Å². The molecule has 0 saturated carbocycles. The van der Waals surface area contributed by atoms with Gasteiger partial charge in [0, 0.05) is 12.4 Å². The minimum atomic E-state index is 0.800. The van der Waals surface area contributed by atoms with Crippen molar-refractivity contribution < 1.29 is 0 Å². The van der Waals surface area contributed by atoms with Gasteiger partial charge >= 0.3 is 0 Å². The molecule has 3 rings (SSSR count). The molecule has 94 valence electrons. The molecule has 1 N–H and O–H groups in total. The molecule has 1 aromatic heterocycles.